The summed E-state index contributed by atoms with van der Waals surface area (Å²) in [5, 5.41) is 8.48. The number of aromatic nitrogens is 4. The fourth-order valence-corrected chi connectivity index (χ4v) is 3.89. The zero-order valence-electron chi connectivity index (χ0n) is 15.6. The van der Waals surface area contributed by atoms with Crippen molar-refractivity contribution in [3.05, 3.63) is 29.8 Å². The van der Waals surface area contributed by atoms with E-state index in [0.717, 1.165) is 29.8 Å². The predicted octanol–water partition coefficient (Wildman–Crippen LogP) is 1.18. The first-order valence-electron chi connectivity index (χ1n) is 8.94. The average Bonchev–Trinajstić information content (AvgIpc) is 3.14. The number of carbonyl (C=O) groups excluding carboxylic acids is 2. The average molecular weight is 356 g/mol. The summed E-state index contributed by atoms with van der Waals surface area (Å²) in [7, 11) is 5.45. The Balaban J connectivity index is 1.70. The van der Waals surface area contributed by atoms with E-state index < -0.39 is 5.92 Å². The number of carbonyl (C=O) groups is 2. The fourth-order valence-electron chi connectivity index (χ4n) is 3.89. The summed E-state index contributed by atoms with van der Waals surface area (Å²) in [6.07, 6.45) is 7.55. The quantitative estimate of drug-likeness (QED) is 0.824. The third kappa shape index (κ3) is 2.60. The molecule has 4 rings (SSSR count). The van der Waals surface area contributed by atoms with Crippen molar-refractivity contribution in [2.75, 3.05) is 11.9 Å². The lowest BCUT2D eigenvalue weighted by molar-refractivity contribution is -0.129. The monoisotopic (exact) mass is 356 g/mol. The van der Waals surface area contributed by atoms with Crippen LogP contribution < -0.4 is 4.90 Å². The minimum absolute atomic E-state index is 0.0530. The van der Waals surface area contributed by atoms with Gasteiger partial charge in [-0.25, -0.2) is 0 Å². The van der Waals surface area contributed by atoms with Crippen LogP contribution in [0.1, 0.15) is 36.6 Å². The lowest BCUT2D eigenvalue weighted by Crippen LogP contribution is -2.37. The van der Waals surface area contributed by atoms with Crippen molar-refractivity contribution in [3.63, 3.8) is 0 Å². The van der Waals surface area contributed by atoms with Gasteiger partial charge >= 0.3 is 0 Å². The summed E-state index contributed by atoms with van der Waals surface area (Å²) in [5.74, 6) is -0.391. The fraction of sp³-hybridized carbons (Fsp3) is 0.556. The molecule has 1 saturated carbocycles. The van der Waals surface area contributed by atoms with Crippen LogP contribution in [0.4, 0.5) is 5.69 Å². The molecular formula is C18H24N6O2. The van der Waals surface area contributed by atoms with Crippen molar-refractivity contribution >= 4 is 17.5 Å². The highest BCUT2D eigenvalue weighted by atomic mass is 16.2. The number of likely N-dealkylation sites (tertiary alicyclic amines) is 1. The Morgan fingerprint density at radius 3 is 2.50 bits per heavy atom. The van der Waals surface area contributed by atoms with Crippen LogP contribution in [0, 0.1) is 12.8 Å². The van der Waals surface area contributed by atoms with E-state index in [1.165, 1.54) is 0 Å². The number of hydrogen-bond donors (Lipinski definition) is 0. The third-order valence-corrected chi connectivity index (χ3v) is 5.62. The van der Waals surface area contributed by atoms with E-state index in [4.69, 9.17) is 0 Å². The molecule has 2 amide bonds. The Bertz CT molecular complexity index is 865. The van der Waals surface area contributed by atoms with Gasteiger partial charge in [0.05, 0.1) is 30.0 Å². The Morgan fingerprint density at radius 1 is 1.23 bits per heavy atom. The van der Waals surface area contributed by atoms with E-state index in [2.05, 4.69) is 10.2 Å². The van der Waals surface area contributed by atoms with E-state index in [1.54, 1.807) is 39.9 Å². The van der Waals surface area contributed by atoms with Crippen LogP contribution in [0.3, 0.4) is 0 Å². The highest BCUT2D eigenvalue weighted by molar-refractivity contribution is 5.99. The second-order valence-electron chi connectivity index (χ2n) is 7.37. The zero-order chi connectivity index (χ0) is 18.6. The van der Waals surface area contributed by atoms with Crippen LogP contribution in [0.2, 0.25) is 0 Å². The minimum atomic E-state index is -0.406. The molecule has 26 heavy (non-hydrogen) atoms. The number of nitrogens with zero attached hydrogens (tertiary/aromatic N) is 6. The number of anilines is 1. The highest BCUT2D eigenvalue weighted by Gasteiger charge is 2.51. The maximum atomic E-state index is 13.3. The summed E-state index contributed by atoms with van der Waals surface area (Å²) >= 11 is 0. The van der Waals surface area contributed by atoms with E-state index >= 15 is 0 Å². The van der Waals surface area contributed by atoms with Gasteiger partial charge in [-0.2, -0.15) is 10.2 Å². The molecule has 2 aromatic rings. The van der Waals surface area contributed by atoms with Crippen LogP contribution in [0.5, 0.6) is 0 Å². The van der Waals surface area contributed by atoms with Gasteiger partial charge in [0, 0.05) is 51.1 Å². The van der Waals surface area contributed by atoms with Gasteiger partial charge in [-0.3, -0.25) is 19.0 Å². The molecule has 3 heterocycles. The molecule has 0 bridgehead atoms. The van der Waals surface area contributed by atoms with Crippen molar-refractivity contribution in [3.8, 4) is 0 Å². The molecule has 2 aliphatic rings. The maximum absolute atomic E-state index is 13.3. The van der Waals surface area contributed by atoms with Crippen LogP contribution in [-0.2, 0) is 23.7 Å². The van der Waals surface area contributed by atoms with Gasteiger partial charge in [0.15, 0.2) is 0 Å². The van der Waals surface area contributed by atoms with Crippen LogP contribution >= 0.6 is 0 Å². The Kier molecular flexibility index (Phi) is 3.86. The van der Waals surface area contributed by atoms with Gasteiger partial charge < -0.3 is 9.80 Å². The van der Waals surface area contributed by atoms with Crippen LogP contribution in [-0.4, -0.2) is 49.4 Å². The molecule has 2 atom stereocenters. The highest BCUT2D eigenvalue weighted by Crippen LogP contribution is 2.46. The molecule has 8 heteroatoms. The molecule has 1 aliphatic carbocycles. The van der Waals surface area contributed by atoms with Crippen molar-refractivity contribution in [2.45, 2.75) is 38.3 Å². The second-order valence-corrected chi connectivity index (χ2v) is 7.37. The summed E-state index contributed by atoms with van der Waals surface area (Å²) in [5.41, 5.74) is 2.71. The molecule has 0 N–H and O–H groups in total. The van der Waals surface area contributed by atoms with Crippen molar-refractivity contribution in [1.29, 1.82) is 0 Å². The molecule has 8 nitrogen and oxygen atoms in total. The lowest BCUT2D eigenvalue weighted by Gasteiger charge is -2.29. The molecule has 138 valence electrons. The number of hydrogen-bond acceptors (Lipinski definition) is 4. The third-order valence-electron chi connectivity index (χ3n) is 5.62. The second kappa shape index (κ2) is 5.96. The largest absolute Gasteiger partial charge is 0.332 e. The van der Waals surface area contributed by atoms with Crippen molar-refractivity contribution in [2.24, 2.45) is 20.0 Å². The first kappa shape index (κ1) is 16.8. The van der Waals surface area contributed by atoms with Gasteiger partial charge in [-0.1, -0.05) is 0 Å². The maximum Gasteiger partial charge on any atom is 0.232 e. The summed E-state index contributed by atoms with van der Waals surface area (Å²) < 4.78 is 3.47. The van der Waals surface area contributed by atoms with E-state index in [1.807, 2.05) is 25.9 Å². The van der Waals surface area contributed by atoms with Gasteiger partial charge in [0.2, 0.25) is 11.8 Å². The van der Waals surface area contributed by atoms with Gasteiger partial charge in [0.1, 0.15) is 0 Å². The van der Waals surface area contributed by atoms with Crippen LogP contribution in [0.25, 0.3) is 0 Å². The van der Waals surface area contributed by atoms with Gasteiger partial charge in [-0.15, -0.1) is 0 Å². The Hall–Kier alpha value is -2.64. The first-order valence-corrected chi connectivity index (χ1v) is 8.94. The summed E-state index contributed by atoms with van der Waals surface area (Å²) in [6, 6.07) is 0.0175. The number of amides is 2. The standard InChI is InChI=1S/C18H24N6O2/c1-11-15(9-20-23(11)4)17-14(7-16(25)24(17)12-5-6-12)18(26)22(3)13-8-19-21(2)10-13/h8-10,12,14,17H,5-7H2,1-4H3/t14-,17-/m0/s1. The molecule has 1 aliphatic heterocycles. The van der Waals surface area contributed by atoms with E-state index in [-0.39, 0.29) is 30.3 Å². The number of aryl methyl sites for hydroxylation is 2. The van der Waals surface area contributed by atoms with Crippen molar-refractivity contribution < 1.29 is 9.59 Å². The first-order chi connectivity index (χ1) is 12.4. The topological polar surface area (TPSA) is 76.3 Å². The SMILES string of the molecule is Cc1c([C@@H]2[C@@H](C(=O)N(C)c3cnn(C)c3)CC(=O)N2C2CC2)cnn1C. The lowest BCUT2D eigenvalue weighted by atomic mass is 9.92. The van der Waals surface area contributed by atoms with E-state index in [0.29, 0.717) is 0 Å². The Morgan fingerprint density at radius 2 is 1.96 bits per heavy atom. The predicted molar refractivity (Wildman–Crippen MR) is 95.3 cm³/mol. The Labute approximate surface area is 152 Å². The van der Waals surface area contributed by atoms with Crippen LogP contribution in [0.15, 0.2) is 18.6 Å². The molecule has 0 unspecified atom stereocenters. The molecule has 0 spiro atoms. The minimum Gasteiger partial charge on any atom is -0.332 e. The summed E-state index contributed by atoms with van der Waals surface area (Å²) in [4.78, 5) is 29.6. The molecule has 0 radical (unpaired) electrons. The molecule has 0 aromatic carbocycles. The molecule has 1 saturated heterocycles. The number of rotatable bonds is 4. The normalized spacial score (nSPS) is 22.9. The molecular weight excluding hydrogens is 332 g/mol. The smallest absolute Gasteiger partial charge is 0.232 e. The van der Waals surface area contributed by atoms with Gasteiger partial charge in [0.25, 0.3) is 0 Å². The molecule has 2 fully saturated rings. The van der Waals surface area contributed by atoms with Gasteiger partial charge in [-0.05, 0) is 19.8 Å². The zero-order valence-corrected chi connectivity index (χ0v) is 15.6. The van der Waals surface area contributed by atoms with Crippen molar-refractivity contribution in [1.82, 2.24) is 24.5 Å². The molecule has 2 aromatic heterocycles. The van der Waals surface area contributed by atoms with E-state index in [9.17, 15) is 9.59 Å². The summed E-state index contributed by atoms with van der Waals surface area (Å²) in [6.45, 7) is 1.99.